The minimum absolute atomic E-state index is 0.0770. The van der Waals surface area contributed by atoms with Gasteiger partial charge in [0.1, 0.15) is 5.82 Å². The number of alkyl halides is 3. The van der Waals surface area contributed by atoms with Crippen LogP contribution in [-0.4, -0.2) is 14.1 Å². The molecule has 0 aliphatic rings. The fourth-order valence-electron chi connectivity index (χ4n) is 3.08. The van der Waals surface area contributed by atoms with Gasteiger partial charge in [-0.3, -0.25) is 14.1 Å². The maximum atomic E-state index is 13.7. The normalized spacial score (nSPS) is 12.2. The number of halogens is 5. The van der Waals surface area contributed by atoms with E-state index >= 15 is 0 Å². The Kier molecular flexibility index (Phi) is 3.88. The third-order valence-corrected chi connectivity index (χ3v) is 4.85. The molecule has 0 amide bonds. The standard InChI is InChI=1S/C18H10BrF4N3O/c1-25-15-8-24-14-5-2-9(19)6-11(14)16(15)26(17(25)27)10-3-4-13(20)12(7-10)18(21,22)23/h2-8H,1H3. The number of imidazole rings is 1. The Bertz CT molecular complexity index is 1270. The summed E-state index contributed by atoms with van der Waals surface area (Å²) in [7, 11) is 1.50. The minimum atomic E-state index is -4.87. The minimum Gasteiger partial charge on any atom is -0.293 e. The molecule has 0 spiro atoms. The van der Waals surface area contributed by atoms with E-state index in [0.29, 0.717) is 34.1 Å². The number of benzene rings is 2. The maximum Gasteiger partial charge on any atom is 0.419 e. The zero-order valence-electron chi connectivity index (χ0n) is 13.7. The lowest BCUT2D eigenvalue weighted by Crippen LogP contribution is -2.21. The highest BCUT2D eigenvalue weighted by Gasteiger charge is 2.34. The van der Waals surface area contributed by atoms with Gasteiger partial charge in [0.05, 0.1) is 34.0 Å². The first-order chi connectivity index (χ1) is 12.7. The van der Waals surface area contributed by atoms with E-state index in [1.54, 1.807) is 18.2 Å². The molecule has 0 N–H and O–H groups in total. The molecule has 0 saturated heterocycles. The van der Waals surface area contributed by atoms with Gasteiger partial charge in [0.25, 0.3) is 0 Å². The summed E-state index contributed by atoms with van der Waals surface area (Å²) in [6, 6.07) is 7.73. The van der Waals surface area contributed by atoms with E-state index in [1.165, 1.54) is 17.8 Å². The first kappa shape index (κ1) is 17.7. The molecule has 0 atom stereocenters. The topological polar surface area (TPSA) is 39.8 Å². The lowest BCUT2D eigenvalue weighted by molar-refractivity contribution is -0.140. The molecule has 0 fully saturated rings. The molecular weight excluding hydrogens is 430 g/mol. The zero-order chi connectivity index (χ0) is 19.5. The van der Waals surface area contributed by atoms with Crippen molar-refractivity contribution in [1.29, 1.82) is 0 Å². The number of nitrogens with zero attached hydrogens (tertiary/aromatic N) is 3. The van der Waals surface area contributed by atoms with Crippen molar-refractivity contribution < 1.29 is 17.6 Å². The van der Waals surface area contributed by atoms with Crippen LogP contribution in [0.25, 0.3) is 27.6 Å². The Morgan fingerprint density at radius 2 is 1.85 bits per heavy atom. The van der Waals surface area contributed by atoms with Crippen LogP contribution < -0.4 is 5.69 Å². The highest BCUT2D eigenvalue weighted by Crippen LogP contribution is 2.34. The third kappa shape index (κ3) is 2.73. The van der Waals surface area contributed by atoms with Crippen LogP contribution in [0.15, 0.2) is 51.9 Å². The molecule has 4 aromatic rings. The van der Waals surface area contributed by atoms with Crippen molar-refractivity contribution in [2.75, 3.05) is 0 Å². The van der Waals surface area contributed by atoms with Gasteiger partial charge in [0, 0.05) is 16.9 Å². The first-order valence-electron chi connectivity index (χ1n) is 7.71. The average Bonchev–Trinajstić information content (AvgIpc) is 2.86. The summed E-state index contributed by atoms with van der Waals surface area (Å²) in [5.41, 5.74) is -0.644. The van der Waals surface area contributed by atoms with Crippen molar-refractivity contribution in [2.24, 2.45) is 7.05 Å². The molecule has 0 unspecified atom stereocenters. The Morgan fingerprint density at radius 1 is 1.11 bits per heavy atom. The van der Waals surface area contributed by atoms with Crippen LogP contribution in [-0.2, 0) is 13.2 Å². The number of fused-ring (bicyclic) bond motifs is 3. The monoisotopic (exact) mass is 439 g/mol. The Labute approximate surface area is 157 Å². The Hall–Kier alpha value is -2.68. The summed E-state index contributed by atoms with van der Waals surface area (Å²) >= 11 is 3.35. The van der Waals surface area contributed by atoms with E-state index in [9.17, 15) is 22.4 Å². The number of rotatable bonds is 1. The summed E-state index contributed by atoms with van der Waals surface area (Å²) in [6.45, 7) is 0. The summed E-state index contributed by atoms with van der Waals surface area (Å²) in [4.78, 5) is 17.1. The van der Waals surface area contributed by atoms with Gasteiger partial charge in [-0.25, -0.2) is 9.18 Å². The van der Waals surface area contributed by atoms with Gasteiger partial charge in [-0.05, 0) is 36.4 Å². The van der Waals surface area contributed by atoms with E-state index in [4.69, 9.17) is 0 Å². The van der Waals surface area contributed by atoms with Crippen LogP contribution in [0.4, 0.5) is 17.6 Å². The molecule has 2 aromatic carbocycles. The second-order valence-electron chi connectivity index (χ2n) is 5.99. The highest BCUT2D eigenvalue weighted by molar-refractivity contribution is 9.10. The molecule has 138 valence electrons. The van der Waals surface area contributed by atoms with Crippen LogP contribution in [0.5, 0.6) is 0 Å². The molecule has 2 heterocycles. The fourth-order valence-corrected chi connectivity index (χ4v) is 3.44. The van der Waals surface area contributed by atoms with Crippen LogP contribution in [0.2, 0.25) is 0 Å². The number of pyridine rings is 1. The van der Waals surface area contributed by atoms with Crippen molar-refractivity contribution >= 4 is 37.9 Å². The second kappa shape index (κ2) is 5.91. The predicted octanol–water partition coefficient (Wildman–Crippen LogP) is 4.80. The van der Waals surface area contributed by atoms with Gasteiger partial charge in [-0.2, -0.15) is 13.2 Å². The van der Waals surface area contributed by atoms with Crippen LogP contribution >= 0.6 is 15.9 Å². The van der Waals surface area contributed by atoms with E-state index < -0.39 is 23.2 Å². The van der Waals surface area contributed by atoms with E-state index in [-0.39, 0.29) is 5.69 Å². The number of aromatic nitrogens is 3. The molecule has 0 aliphatic heterocycles. The lowest BCUT2D eigenvalue weighted by atomic mass is 10.1. The van der Waals surface area contributed by atoms with Crippen molar-refractivity contribution in [2.45, 2.75) is 6.18 Å². The molecule has 2 aromatic heterocycles. The smallest absolute Gasteiger partial charge is 0.293 e. The van der Waals surface area contributed by atoms with E-state index in [0.717, 1.165) is 15.1 Å². The third-order valence-electron chi connectivity index (χ3n) is 4.36. The van der Waals surface area contributed by atoms with Gasteiger partial charge in [-0.1, -0.05) is 15.9 Å². The molecule has 9 heteroatoms. The maximum absolute atomic E-state index is 13.7. The number of hydrogen-bond donors (Lipinski definition) is 0. The van der Waals surface area contributed by atoms with Crippen molar-refractivity contribution in [3.8, 4) is 5.69 Å². The molecule has 4 rings (SSSR count). The van der Waals surface area contributed by atoms with Gasteiger partial charge in [0.15, 0.2) is 0 Å². The average molecular weight is 440 g/mol. The van der Waals surface area contributed by atoms with Crippen molar-refractivity contribution in [1.82, 2.24) is 14.1 Å². The molecular formula is C18H10BrF4N3O. The zero-order valence-corrected chi connectivity index (χ0v) is 15.3. The van der Waals surface area contributed by atoms with E-state index in [2.05, 4.69) is 20.9 Å². The summed E-state index contributed by atoms with van der Waals surface area (Å²) in [5.74, 6) is -1.39. The quantitative estimate of drug-likeness (QED) is 0.399. The van der Waals surface area contributed by atoms with Crippen LogP contribution in [0.3, 0.4) is 0 Å². The van der Waals surface area contributed by atoms with Gasteiger partial charge >= 0.3 is 11.9 Å². The molecule has 4 nitrogen and oxygen atoms in total. The van der Waals surface area contributed by atoms with E-state index in [1.807, 2.05) is 0 Å². The van der Waals surface area contributed by atoms with Crippen LogP contribution in [0, 0.1) is 5.82 Å². The molecule has 0 aliphatic carbocycles. The number of hydrogen-bond acceptors (Lipinski definition) is 2. The largest absolute Gasteiger partial charge is 0.419 e. The van der Waals surface area contributed by atoms with Gasteiger partial charge in [0.2, 0.25) is 0 Å². The highest BCUT2D eigenvalue weighted by atomic mass is 79.9. The lowest BCUT2D eigenvalue weighted by Gasteiger charge is -2.11. The fraction of sp³-hybridized carbons (Fsp3) is 0.111. The Balaban J connectivity index is 2.16. The molecule has 0 bridgehead atoms. The summed E-state index contributed by atoms with van der Waals surface area (Å²) < 4.78 is 56.2. The molecule has 0 saturated carbocycles. The Morgan fingerprint density at radius 3 is 2.56 bits per heavy atom. The second-order valence-corrected chi connectivity index (χ2v) is 6.91. The molecule has 0 radical (unpaired) electrons. The van der Waals surface area contributed by atoms with Gasteiger partial charge < -0.3 is 0 Å². The predicted molar refractivity (Wildman–Crippen MR) is 96.5 cm³/mol. The van der Waals surface area contributed by atoms with Crippen molar-refractivity contribution in [3.05, 3.63) is 68.9 Å². The summed E-state index contributed by atoms with van der Waals surface area (Å²) in [6.07, 6.45) is -3.39. The SMILES string of the molecule is Cn1c(=O)n(-c2ccc(F)c(C(F)(F)F)c2)c2c3cc(Br)ccc3ncc21. The number of aryl methyl sites for hydroxylation is 1. The first-order valence-corrected chi connectivity index (χ1v) is 8.50. The summed E-state index contributed by atoms with van der Waals surface area (Å²) in [5, 5.41) is 0.581. The molecule has 27 heavy (non-hydrogen) atoms. The van der Waals surface area contributed by atoms with Crippen molar-refractivity contribution in [3.63, 3.8) is 0 Å². The van der Waals surface area contributed by atoms with Gasteiger partial charge in [-0.15, -0.1) is 0 Å². The van der Waals surface area contributed by atoms with Crippen LogP contribution in [0.1, 0.15) is 5.56 Å².